The van der Waals surface area contributed by atoms with Crippen LogP contribution in [-0.4, -0.2) is 18.6 Å². The monoisotopic (exact) mass is 356 g/mol. The number of thiocarbonyl (C=S) groups is 1. The molecule has 2 aromatic carbocycles. The molecule has 0 radical (unpaired) electrons. The van der Waals surface area contributed by atoms with Gasteiger partial charge >= 0.3 is 0 Å². The number of nitrogens with one attached hydrogen (secondary N) is 1. The van der Waals surface area contributed by atoms with Gasteiger partial charge in [-0.2, -0.15) is 0 Å². The number of hydrogen-bond acceptors (Lipinski definition) is 3. The molecule has 0 atom stereocenters. The van der Waals surface area contributed by atoms with Gasteiger partial charge in [0.2, 0.25) is 0 Å². The summed E-state index contributed by atoms with van der Waals surface area (Å²) in [4.78, 5) is 0.772. The largest absolute Gasteiger partial charge is 0.496 e. The van der Waals surface area contributed by atoms with Crippen molar-refractivity contribution in [3.05, 3.63) is 59.2 Å². The number of hydrogen-bond donors (Lipinski definition) is 2. The van der Waals surface area contributed by atoms with Crippen molar-refractivity contribution in [1.82, 2.24) is 5.32 Å². The number of para-hydroxylation sites is 1. The zero-order valence-electron chi connectivity index (χ0n) is 15.2. The molecular weight excluding hydrogens is 328 g/mol. The summed E-state index contributed by atoms with van der Waals surface area (Å²) in [6, 6.07) is 14.1. The maximum absolute atomic E-state index is 5.98. The average molecular weight is 357 g/mol. The summed E-state index contributed by atoms with van der Waals surface area (Å²) in [5, 5.41) is 3.34. The highest BCUT2D eigenvalue weighted by Crippen LogP contribution is 2.22. The first-order valence-corrected chi connectivity index (χ1v) is 9.35. The van der Waals surface area contributed by atoms with Gasteiger partial charge in [0.1, 0.15) is 10.7 Å². The molecule has 25 heavy (non-hydrogen) atoms. The highest BCUT2D eigenvalue weighted by atomic mass is 32.1. The predicted octanol–water partition coefficient (Wildman–Crippen LogP) is 4.52. The zero-order chi connectivity index (χ0) is 18.1. The van der Waals surface area contributed by atoms with Crippen molar-refractivity contribution in [2.75, 3.05) is 19.4 Å². The summed E-state index contributed by atoms with van der Waals surface area (Å²) >= 11 is 5.56. The fraction of sp³-hybridized carbons (Fsp3) is 0.381. The summed E-state index contributed by atoms with van der Waals surface area (Å²) in [7, 11) is 1.72. The van der Waals surface area contributed by atoms with E-state index in [-0.39, 0.29) is 0 Å². The SMILES string of the molecule is CCCCCc1cc(C(=S)NCCc2ccccc2N)ccc1OC. The Morgan fingerprint density at radius 3 is 2.60 bits per heavy atom. The summed E-state index contributed by atoms with van der Waals surface area (Å²) in [6.45, 7) is 2.98. The smallest absolute Gasteiger partial charge is 0.122 e. The van der Waals surface area contributed by atoms with Gasteiger partial charge in [0, 0.05) is 17.8 Å². The van der Waals surface area contributed by atoms with Gasteiger partial charge in [0.05, 0.1) is 7.11 Å². The highest BCUT2D eigenvalue weighted by Gasteiger charge is 2.08. The molecule has 0 aliphatic heterocycles. The average Bonchev–Trinajstić information content (AvgIpc) is 2.63. The van der Waals surface area contributed by atoms with Gasteiger partial charge in [-0.25, -0.2) is 0 Å². The molecule has 0 unspecified atom stereocenters. The number of nitrogen functional groups attached to an aromatic ring is 1. The standard InChI is InChI=1S/C21H28N2OS/c1-3-4-5-9-17-15-18(11-12-20(17)24-2)21(25)23-14-13-16-8-6-7-10-19(16)22/h6-8,10-12,15H,3-5,9,13-14,22H2,1-2H3,(H,23,25). The lowest BCUT2D eigenvalue weighted by atomic mass is 10.0. The Kier molecular flexibility index (Phi) is 7.74. The Bertz CT molecular complexity index is 700. The van der Waals surface area contributed by atoms with Crippen molar-refractivity contribution in [3.63, 3.8) is 0 Å². The van der Waals surface area contributed by atoms with Crippen molar-refractivity contribution in [2.45, 2.75) is 39.0 Å². The number of anilines is 1. The maximum Gasteiger partial charge on any atom is 0.122 e. The molecule has 0 aromatic heterocycles. The molecule has 134 valence electrons. The van der Waals surface area contributed by atoms with Crippen LogP contribution in [0.3, 0.4) is 0 Å². The summed E-state index contributed by atoms with van der Waals surface area (Å²) in [5.74, 6) is 0.944. The van der Waals surface area contributed by atoms with Crippen LogP contribution in [0.15, 0.2) is 42.5 Å². The molecule has 4 heteroatoms. The second kappa shape index (κ2) is 10.0. The summed E-state index contributed by atoms with van der Waals surface area (Å²) < 4.78 is 5.49. The van der Waals surface area contributed by atoms with E-state index in [0.29, 0.717) is 0 Å². The lowest BCUT2D eigenvalue weighted by Gasteiger charge is -2.13. The molecule has 2 aromatic rings. The lowest BCUT2D eigenvalue weighted by Crippen LogP contribution is -2.25. The van der Waals surface area contributed by atoms with Crippen molar-refractivity contribution in [1.29, 1.82) is 0 Å². The van der Waals surface area contributed by atoms with Crippen LogP contribution in [-0.2, 0) is 12.8 Å². The lowest BCUT2D eigenvalue weighted by molar-refractivity contribution is 0.409. The van der Waals surface area contributed by atoms with E-state index in [1.165, 1.54) is 24.8 Å². The van der Waals surface area contributed by atoms with Gasteiger partial charge < -0.3 is 15.8 Å². The van der Waals surface area contributed by atoms with Crippen LogP contribution in [0, 0.1) is 0 Å². The van der Waals surface area contributed by atoms with Gasteiger partial charge in [0.25, 0.3) is 0 Å². The van der Waals surface area contributed by atoms with E-state index >= 15 is 0 Å². The third-order valence-corrected chi connectivity index (χ3v) is 4.71. The molecule has 0 spiro atoms. The van der Waals surface area contributed by atoms with Crippen LogP contribution >= 0.6 is 12.2 Å². The van der Waals surface area contributed by atoms with Crippen LogP contribution in [0.25, 0.3) is 0 Å². The molecule has 0 amide bonds. The molecule has 0 saturated heterocycles. The molecule has 3 nitrogen and oxygen atoms in total. The minimum Gasteiger partial charge on any atom is -0.496 e. The van der Waals surface area contributed by atoms with Gasteiger partial charge in [-0.3, -0.25) is 0 Å². The number of aryl methyl sites for hydroxylation is 1. The van der Waals surface area contributed by atoms with E-state index < -0.39 is 0 Å². The van der Waals surface area contributed by atoms with Crippen molar-refractivity contribution < 1.29 is 4.74 Å². The van der Waals surface area contributed by atoms with Crippen molar-refractivity contribution in [2.24, 2.45) is 0 Å². The first kappa shape index (κ1) is 19.3. The highest BCUT2D eigenvalue weighted by molar-refractivity contribution is 7.80. The Morgan fingerprint density at radius 1 is 1.08 bits per heavy atom. The van der Waals surface area contributed by atoms with Crippen LogP contribution in [0.5, 0.6) is 5.75 Å². The minimum absolute atomic E-state index is 0.768. The second-order valence-electron chi connectivity index (χ2n) is 6.19. The molecule has 2 rings (SSSR count). The number of rotatable bonds is 9. The maximum atomic E-state index is 5.98. The molecule has 3 N–H and O–H groups in total. The number of nitrogens with two attached hydrogens (primary N) is 1. The van der Waals surface area contributed by atoms with Crippen LogP contribution < -0.4 is 15.8 Å². The van der Waals surface area contributed by atoms with E-state index in [1.54, 1.807) is 7.11 Å². The Morgan fingerprint density at radius 2 is 1.88 bits per heavy atom. The zero-order valence-corrected chi connectivity index (χ0v) is 16.0. The first-order chi connectivity index (χ1) is 12.2. The van der Waals surface area contributed by atoms with Crippen LogP contribution in [0.1, 0.15) is 42.9 Å². The molecular formula is C21H28N2OS. The first-order valence-electron chi connectivity index (χ1n) is 8.94. The molecule has 0 fully saturated rings. The van der Waals surface area contributed by atoms with Gasteiger partial charge in [-0.15, -0.1) is 0 Å². The molecule has 0 saturated carbocycles. The van der Waals surface area contributed by atoms with Gasteiger partial charge in [0.15, 0.2) is 0 Å². The Balaban J connectivity index is 1.96. The van der Waals surface area contributed by atoms with E-state index in [9.17, 15) is 0 Å². The van der Waals surface area contributed by atoms with E-state index in [1.807, 2.05) is 30.3 Å². The molecule has 0 aliphatic rings. The predicted molar refractivity (Wildman–Crippen MR) is 110 cm³/mol. The second-order valence-corrected chi connectivity index (χ2v) is 6.60. The summed E-state index contributed by atoms with van der Waals surface area (Å²) in [5.41, 5.74) is 10.2. The quantitative estimate of drug-likeness (QED) is 0.394. The molecule has 0 bridgehead atoms. The number of methoxy groups -OCH3 is 1. The minimum atomic E-state index is 0.768. The summed E-state index contributed by atoms with van der Waals surface area (Å²) in [6.07, 6.45) is 5.49. The van der Waals surface area contributed by atoms with Crippen LogP contribution in [0.2, 0.25) is 0 Å². The Labute approximate surface area is 156 Å². The molecule has 0 heterocycles. The number of benzene rings is 2. The molecule has 0 aliphatic carbocycles. The Hall–Kier alpha value is -2.07. The topological polar surface area (TPSA) is 47.3 Å². The van der Waals surface area contributed by atoms with E-state index in [2.05, 4.69) is 24.4 Å². The normalized spacial score (nSPS) is 10.5. The van der Waals surface area contributed by atoms with Gasteiger partial charge in [-0.05, 0) is 54.7 Å². The fourth-order valence-corrected chi connectivity index (χ4v) is 3.08. The fourth-order valence-electron chi connectivity index (χ4n) is 2.86. The van der Waals surface area contributed by atoms with Crippen molar-refractivity contribution in [3.8, 4) is 5.75 Å². The number of ether oxygens (including phenoxy) is 1. The van der Waals surface area contributed by atoms with Crippen LogP contribution in [0.4, 0.5) is 5.69 Å². The number of unbranched alkanes of at least 4 members (excludes halogenated alkanes) is 2. The third-order valence-electron chi connectivity index (χ3n) is 4.33. The van der Waals surface area contributed by atoms with E-state index in [4.69, 9.17) is 22.7 Å². The van der Waals surface area contributed by atoms with Crippen molar-refractivity contribution >= 4 is 22.9 Å². The van der Waals surface area contributed by atoms with E-state index in [0.717, 1.165) is 46.9 Å². The third kappa shape index (κ3) is 5.75. The van der Waals surface area contributed by atoms with Gasteiger partial charge in [-0.1, -0.05) is 50.2 Å².